The average Bonchev–Trinajstić information content (AvgIpc) is 2.62. The Kier molecular flexibility index (Phi) is 3.67. The summed E-state index contributed by atoms with van der Waals surface area (Å²) in [4.78, 5) is 0. The number of hydrogen-bond donors (Lipinski definition) is 2. The zero-order chi connectivity index (χ0) is 15.8. The van der Waals surface area contributed by atoms with E-state index < -0.39 is 11.7 Å². The summed E-state index contributed by atoms with van der Waals surface area (Å²) in [5, 5.41) is 10.1. The summed E-state index contributed by atoms with van der Waals surface area (Å²) in [5.41, 5.74) is 5.15. The van der Waals surface area contributed by atoms with Crippen LogP contribution < -0.4 is 5.73 Å². The topological polar surface area (TPSA) is 51.2 Å². The third-order valence-corrected chi connectivity index (χ3v) is 3.16. The number of hydrogen-bond acceptors (Lipinski definition) is 2. The lowest BCUT2D eigenvalue weighted by atomic mass is 10.0. The van der Waals surface area contributed by atoms with Crippen molar-refractivity contribution in [2.24, 2.45) is 7.05 Å². The molecule has 0 amide bonds. The number of aromatic hydroxyl groups is 1. The van der Waals surface area contributed by atoms with E-state index >= 15 is 0 Å². The van der Waals surface area contributed by atoms with E-state index in [4.69, 9.17) is 5.73 Å². The number of benzene rings is 1. The van der Waals surface area contributed by atoms with Crippen LogP contribution in [0.15, 0.2) is 30.6 Å². The maximum atomic E-state index is 12.7. The van der Waals surface area contributed by atoms with E-state index in [1.165, 1.54) is 23.7 Å². The molecule has 0 aliphatic carbocycles. The maximum absolute atomic E-state index is 12.7. The van der Waals surface area contributed by atoms with Crippen LogP contribution in [0.2, 0.25) is 0 Å². The van der Waals surface area contributed by atoms with Crippen molar-refractivity contribution in [3.05, 3.63) is 41.9 Å². The molecule has 0 atom stereocenters. The number of halogens is 4. The molecule has 7 heteroatoms. The fraction of sp³-hybridized carbons (Fsp3) is 0.143. The van der Waals surface area contributed by atoms with Gasteiger partial charge in [0.15, 0.2) is 5.75 Å². The fourth-order valence-electron chi connectivity index (χ4n) is 2.09. The molecule has 0 unspecified atom stereocenters. The second kappa shape index (κ2) is 5.16. The van der Waals surface area contributed by atoms with Crippen LogP contribution in [0.3, 0.4) is 0 Å². The van der Waals surface area contributed by atoms with Crippen LogP contribution in [-0.4, -0.2) is 9.67 Å². The summed E-state index contributed by atoms with van der Waals surface area (Å²) in [5.74, 6) is -0.330. The van der Waals surface area contributed by atoms with E-state index in [1.54, 1.807) is 0 Å². The monoisotopic (exact) mass is 300 g/mol. The van der Waals surface area contributed by atoms with E-state index in [9.17, 15) is 22.7 Å². The first-order valence-corrected chi connectivity index (χ1v) is 5.89. The van der Waals surface area contributed by atoms with Crippen molar-refractivity contribution in [3.8, 4) is 16.9 Å². The van der Waals surface area contributed by atoms with Crippen molar-refractivity contribution >= 4 is 11.9 Å². The Bertz CT molecular complexity index is 702. The summed E-state index contributed by atoms with van der Waals surface area (Å²) < 4.78 is 51.8. The largest absolute Gasteiger partial charge is 0.505 e. The quantitative estimate of drug-likeness (QED) is 0.825. The van der Waals surface area contributed by atoms with E-state index in [0.717, 1.165) is 18.2 Å². The van der Waals surface area contributed by atoms with Gasteiger partial charge in [-0.15, -0.1) is 0 Å². The van der Waals surface area contributed by atoms with Crippen molar-refractivity contribution in [1.29, 1.82) is 0 Å². The van der Waals surface area contributed by atoms with E-state index in [0.29, 0.717) is 0 Å². The minimum atomic E-state index is -4.50. The summed E-state index contributed by atoms with van der Waals surface area (Å²) >= 11 is 0. The highest BCUT2D eigenvalue weighted by Crippen LogP contribution is 2.41. The highest BCUT2D eigenvalue weighted by molar-refractivity contribution is 5.85. The first-order valence-electron chi connectivity index (χ1n) is 5.89. The number of anilines is 1. The number of aromatic nitrogens is 1. The molecule has 0 bridgehead atoms. The number of alkyl halides is 3. The van der Waals surface area contributed by atoms with Gasteiger partial charge in [-0.25, -0.2) is 4.39 Å². The van der Waals surface area contributed by atoms with Crippen molar-refractivity contribution < 1.29 is 22.7 Å². The van der Waals surface area contributed by atoms with E-state index in [1.807, 2.05) is 0 Å². The molecule has 112 valence electrons. The van der Waals surface area contributed by atoms with Crippen molar-refractivity contribution in [3.63, 3.8) is 0 Å². The molecule has 2 rings (SSSR count). The molecule has 3 N–H and O–H groups in total. The van der Waals surface area contributed by atoms with Gasteiger partial charge in [-0.3, -0.25) is 0 Å². The van der Waals surface area contributed by atoms with Crippen LogP contribution in [0.4, 0.5) is 23.4 Å². The Morgan fingerprint density at radius 3 is 2.52 bits per heavy atom. The van der Waals surface area contributed by atoms with Gasteiger partial charge in [0.1, 0.15) is 5.82 Å². The molecule has 21 heavy (non-hydrogen) atoms. The molecule has 0 aliphatic heterocycles. The fourth-order valence-corrected chi connectivity index (χ4v) is 2.09. The molecular formula is C14H12F4N2O. The lowest BCUT2D eigenvalue weighted by Gasteiger charge is -2.09. The van der Waals surface area contributed by atoms with Gasteiger partial charge in [-0.1, -0.05) is 12.1 Å². The third-order valence-electron chi connectivity index (χ3n) is 3.16. The molecule has 1 heterocycles. The molecule has 0 spiro atoms. The summed E-state index contributed by atoms with van der Waals surface area (Å²) in [7, 11) is 1.47. The van der Waals surface area contributed by atoms with Gasteiger partial charge < -0.3 is 15.4 Å². The average molecular weight is 300 g/mol. The predicted octanol–water partition coefficient (Wildman–Crippen LogP) is 3.94. The minimum Gasteiger partial charge on any atom is -0.505 e. The molecule has 0 saturated carbocycles. The Morgan fingerprint density at radius 1 is 1.29 bits per heavy atom. The Labute approximate surface area is 117 Å². The maximum Gasteiger partial charge on any atom is 0.416 e. The first-order chi connectivity index (χ1) is 9.77. The summed E-state index contributed by atoms with van der Waals surface area (Å²) in [6, 6.07) is 4.41. The number of nitrogen functional groups attached to an aromatic ring is 1. The Morgan fingerprint density at radius 2 is 1.95 bits per heavy atom. The SMILES string of the molecule is Cn1c(N)c(-c2cccc(C(F)(F)F)c2)c(O)c1C=CF. The lowest BCUT2D eigenvalue weighted by molar-refractivity contribution is -0.137. The van der Waals surface area contributed by atoms with Crippen molar-refractivity contribution in [2.75, 3.05) is 5.73 Å². The Balaban J connectivity index is 2.66. The van der Waals surface area contributed by atoms with E-state index in [-0.39, 0.29) is 34.7 Å². The number of nitrogens with zero attached hydrogens (tertiary/aromatic N) is 1. The van der Waals surface area contributed by atoms with E-state index in [2.05, 4.69) is 0 Å². The molecule has 0 aliphatic rings. The lowest BCUT2D eigenvalue weighted by Crippen LogP contribution is -2.04. The molecule has 1 aromatic heterocycles. The van der Waals surface area contributed by atoms with Crippen LogP contribution in [-0.2, 0) is 13.2 Å². The summed E-state index contributed by atoms with van der Waals surface area (Å²) in [6.07, 6.45) is -3.32. The van der Waals surface area contributed by atoms with Gasteiger partial charge in [0, 0.05) is 7.05 Å². The highest BCUT2D eigenvalue weighted by Gasteiger charge is 2.31. The number of nitrogens with two attached hydrogens (primary N) is 1. The second-order valence-electron chi connectivity index (χ2n) is 4.42. The molecule has 0 saturated heterocycles. The second-order valence-corrected chi connectivity index (χ2v) is 4.42. The minimum absolute atomic E-state index is 0.0386. The van der Waals surface area contributed by atoms with Gasteiger partial charge >= 0.3 is 6.18 Å². The van der Waals surface area contributed by atoms with Gasteiger partial charge in [0.2, 0.25) is 0 Å². The standard InChI is InChI=1S/C14H12F4N2O/c1-20-10(5-6-15)12(21)11(13(20)19)8-3-2-4-9(7-8)14(16,17)18/h2-7,21H,19H2,1H3. The van der Waals surface area contributed by atoms with Crippen LogP contribution in [0.1, 0.15) is 11.3 Å². The zero-order valence-corrected chi connectivity index (χ0v) is 10.9. The predicted molar refractivity (Wildman–Crippen MR) is 72.1 cm³/mol. The van der Waals surface area contributed by atoms with Crippen LogP contribution in [0.25, 0.3) is 17.2 Å². The van der Waals surface area contributed by atoms with Crippen LogP contribution in [0.5, 0.6) is 5.75 Å². The molecule has 1 aromatic carbocycles. The normalized spacial score (nSPS) is 12.2. The van der Waals surface area contributed by atoms with Crippen LogP contribution in [0, 0.1) is 0 Å². The first kappa shape index (κ1) is 15.0. The molecular weight excluding hydrogens is 288 g/mol. The molecule has 0 fully saturated rings. The highest BCUT2D eigenvalue weighted by atomic mass is 19.4. The zero-order valence-electron chi connectivity index (χ0n) is 10.9. The Hall–Kier alpha value is -2.44. The molecule has 3 nitrogen and oxygen atoms in total. The van der Waals surface area contributed by atoms with Gasteiger partial charge in [-0.05, 0) is 23.8 Å². The van der Waals surface area contributed by atoms with Gasteiger partial charge in [-0.2, -0.15) is 13.2 Å². The number of rotatable bonds is 2. The van der Waals surface area contributed by atoms with Crippen molar-refractivity contribution in [1.82, 2.24) is 4.57 Å². The summed E-state index contributed by atoms with van der Waals surface area (Å²) in [6.45, 7) is 0. The third kappa shape index (κ3) is 2.58. The van der Waals surface area contributed by atoms with Crippen LogP contribution >= 0.6 is 0 Å². The smallest absolute Gasteiger partial charge is 0.416 e. The van der Waals surface area contributed by atoms with Crippen molar-refractivity contribution in [2.45, 2.75) is 6.18 Å². The van der Waals surface area contributed by atoms with Gasteiger partial charge in [0.05, 0.1) is 23.2 Å². The van der Waals surface area contributed by atoms with Gasteiger partial charge in [0.25, 0.3) is 0 Å². The molecule has 0 radical (unpaired) electrons. The molecule has 2 aromatic rings.